The minimum atomic E-state index is 1.04. The van der Waals surface area contributed by atoms with E-state index in [-0.39, 0.29) is 0 Å². The molecule has 0 atom stereocenters. The molecular formula is C26H36N2. The first-order chi connectivity index (χ1) is 13.9. The van der Waals surface area contributed by atoms with Crippen LogP contribution in [-0.4, -0.2) is 9.97 Å². The summed E-state index contributed by atoms with van der Waals surface area (Å²) in [7, 11) is 0. The van der Waals surface area contributed by atoms with E-state index in [4.69, 9.17) is 4.98 Å². The van der Waals surface area contributed by atoms with Crippen LogP contribution in [0.15, 0.2) is 48.5 Å². The molecule has 0 fully saturated rings. The van der Waals surface area contributed by atoms with Crippen LogP contribution in [0.25, 0.3) is 11.0 Å². The Morgan fingerprint density at radius 2 is 1.39 bits per heavy atom. The molecule has 0 aliphatic carbocycles. The maximum Gasteiger partial charge on any atom is 0.107 e. The third-order valence-corrected chi connectivity index (χ3v) is 5.67. The minimum Gasteiger partial charge on any atom is -0.342 e. The summed E-state index contributed by atoms with van der Waals surface area (Å²) in [6, 6.07) is 17.4. The molecule has 0 unspecified atom stereocenters. The standard InChI is InChI=1S/C26H36N2/c1-2-3-4-5-6-7-11-18-23-19-14-20-24-26(23)28-25(27-24)21-13-12-17-22-15-9-8-10-16-22/h8-10,14-16,19-20H,2-7,11-13,17-18,21H2,1H3,(H,27,28). The van der Waals surface area contributed by atoms with Gasteiger partial charge in [0.15, 0.2) is 0 Å². The van der Waals surface area contributed by atoms with Crippen LogP contribution in [0.5, 0.6) is 0 Å². The van der Waals surface area contributed by atoms with Crippen molar-refractivity contribution in [1.29, 1.82) is 0 Å². The van der Waals surface area contributed by atoms with Gasteiger partial charge in [-0.25, -0.2) is 4.98 Å². The molecule has 0 bridgehead atoms. The molecule has 1 N–H and O–H groups in total. The number of hydrogen-bond donors (Lipinski definition) is 1. The second kappa shape index (κ2) is 11.7. The van der Waals surface area contributed by atoms with Crippen molar-refractivity contribution in [3.63, 3.8) is 0 Å². The number of aryl methyl sites for hydroxylation is 3. The lowest BCUT2D eigenvalue weighted by Crippen LogP contribution is -1.91. The van der Waals surface area contributed by atoms with Crippen LogP contribution < -0.4 is 0 Å². The molecule has 0 aliphatic heterocycles. The third kappa shape index (κ3) is 6.51. The van der Waals surface area contributed by atoms with Gasteiger partial charge in [-0.1, -0.05) is 87.9 Å². The first-order valence-corrected chi connectivity index (χ1v) is 11.4. The van der Waals surface area contributed by atoms with Crippen molar-refractivity contribution >= 4 is 11.0 Å². The molecule has 3 aromatic rings. The third-order valence-electron chi connectivity index (χ3n) is 5.67. The van der Waals surface area contributed by atoms with Crippen molar-refractivity contribution in [2.24, 2.45) is 0 Å². The van der Waals surface area contributed by atoms with E-state index in [0.29, 0.717) is 0 Å². The Hall–Kier alpha value is -2.09. The quantitative estimate of drug-likeness (QED) is 0.309. The number of para-hydroxylation sites is 1. The lowest BCUT2D eigenvalue weighted by Gasteiger charge is -2.03. The van der Waals surface area contributed by atoms with Gasteiger partial charge in [-0.2, -0.15) is 0 Å². The molecule has 0 radical (unpaired) electrons. The number of H-pyrrole nitrogens is 1. The number of nitrogens with zero attached hydrogens (tertiary/aromatic N) is 1. The number of fused-ring (bicyclic) bond motifs is 1. The highest BCUT2D eigenvalue weighted by Crippen LogP contribution is 2.20. The molecule has 0 amide bonds. The second-order valence-corrected chi connectivity index (χ2v) is 8.06. The smallest absolute Gasteiger partial charge is 0.107 e. The van der Waals surface area contributed by atoms with Crippen molar-refractivity contribution in [2.75, 3.05) is 0 Å². The molecule has 2 nitrogen and oxygen atoms in total. The molecule has 0 saturated heterocycles. The first-order valence-electron chi connectivity index (χ1n) is 11.4. The lowest BCUT2D eigenvalue weighted by atomic mass is 10.0. The minimum absolute atomic E-state index is 1.04. The molecule has 0 aliphatic rings. The molecule has 28 heavy (non-hydrogen) atoms. The normalized spacial score (nSPS) is 11.3. The largest absolute Gasteiger partial charge is 0.342 e. The average molecular weight is 377 g/mol. The summed E-state index contributed by atoms with van der Waals surface area (Å²) in [5.41, 5.74) is 5.26. The maximum absolute atomic E-state index is 4.94. The van der Waals surface area contributed by atoms with Gasteiger partial charge >= 0.3 is 0 Å². The Bertz CT molecular complexity index is 804. The van der Waals surface area contributed by atoms with Gasteiger partial charge in [0.25, 0.3) is 0 Å². The molecule has 3 rings (SSSR count). The highest BCUT2D eigenvalue weighted by atomic mass is 14.9. The Kier molecular flexibility index (Phi) is 8.61. The van der Waals surface area contributed by atoms with Crippen LogP contribution in [0.1, 0.15) is 81.7 Å². The van der Waals surface area contributed by atoms with Gasteiger partial charge in [-0.15, -0.1) is 0 Å². The number of hydrogen-bond acceptors (Lipinski definition) is 1. The predicted molar refractivity (Wildman–Crippen MR) is 121 cm³/mol. The first kappa shape index (κ1) is 20.6. The van der Waals surface area contributed by atoms with E-state index >= 15 is 0 Å². The number of nitrogens with one attached hydrogen (secondary N) is 1. The van der Waals surface area contributed by atoms with Crippen molar-refractivity contribution in [3.05, 3.63) is 65.5 Å². The molecule has 2 aromatic carbocycles. The van der Waals surface area contributed by atoms with E-state index in [1.807, 2.05) is 0 Å². The summed E-state index contributed by atoms with van der Waals surface area (Å²) in [5.74, 6) is 1.15. The molecule has 1 heterocycles. The van der Waals surface area contributed by atoms with Crippen LogP contribution in [0.4, 0.5) is 0 Å². The number of benzene rings is 2. The lowest BCUT2D eigenvalue weighted by molar-refractivity contribution is 0.590. The van der Waals surface area contributed by atoms with Gasteiger partial charge in [0, 0.05) is 6.42 Å². The molecule has 2 heteroatoms. The number of aromatic amines is 1. The number of imidazole rings is 1. The Morgan fingerprint density at radius 1 is 0.679 bits per heavy atom. The topological polar surface area (TPSA) is 28.7 Å². The molecule has 1 aromatic heterocycles. The van der Waals surface area contributed by atoms with Crippen LogP contribution in [-0.2, 0) is 19.3 Å². The summed E-state index contributed by atoms with van der Waals surface area (Å²) in [6.45, 7) is 2.28. The van der Waals surface area contributed by atoms with Gasteiger partial charge in [-0.05, 0) is 49.3 Å². The fourth-order valence-electron chi connectivity index (χ4n) is 4.00. The van der Waals surface area contributed by atoms with Crippen LogP contribution in [0.2, 0.25) is 0 Å². The molecule has 0 saturated carbocycles. The fraction of sp³-hybridized carbons (Fsp3) is 0.500. The SMILES string of the molecule is CCCCCCCCCc1cccc2[nH]c(CCCCc3ccccc3)nc12. The van der Waals surface area contributed by atoms with E-state index in [1.54, 1.807) is 0 Å². The van der Waals surface area contributed by atoms with Crippen LogP contribution >= 0.6 is 0 Å². The van der Waals surface area contributed by atoms with Gasteiger partial charge in [0.05, 0.1) is 11.0 Å². The van der Waals surface area contributed by atoms with Gasteiger partial charge in [-0.3, -0.25) is 0 Å². The second-order valence-electron chi connectivity index (χ2n) is 8.06. The zero-order chi connectivity index (χ0) is 19.4. The van der Waals surface area contributed by atoms with Crippen molar-refractivity contribution in [3.8, 4) is 0 Å². The Morgan fingerprint density at radius 3 is 2.21 bits per heavy atom. The van der Waals surface area contributed by atoms with Crippen LogP contribution in [0.3, 0.4) is 0 Å². The Labute approximate surface area is 170 Å². The monoisotopic (exact) mass is 376 g/mol. The summed E-state index contributed by atoms with van der Waals surface area (Å²) < 4.78 is 0. The Balaban J connectivity index is 1.44. The summed E-state index contributed by atoms with van der Waals surface area (Å²) in [6.07, 6.45) is 15.3. The number of rotatable bonds is 13. The van der Waals surface area contributed by atoms with E-state index in [0.717, 1.165) is 25.1 Å². The van der Waals surface area contributed by atoms with Gasteiger partial charge < -0.3 is 4.98 Å². The van der Waals surface area contributed by atoms with Gasteiger partial charge in [0.2, 0.25) is 0 Å². The number of aromatic nitrogens is 2. The highest BCUT2D eigenvalue weighted by molar-refractivity contribution is 5.78. The van der Waals surface area contributed by atoms with E-state index in [1.165, 1.54) is 79.9 Å². The fourth-order valence-corrected chi connectivity index (χ4v) is 4.00. The molecular weight excluding hydrogens is 340 g/mol. The van der Waals surface area contributed by atoms with E-state index in [9.17, 15) is 0 Å². The summed E-state index contributed by atoms with van der Waals surface area (Å²) >= 11 is 0. The molecule has 150 valence electrons. The van der Waals surface area contributed by atoms with E-state index in [2.05, 4.69) is 60.4 Å². The highest BCUT2D eigenvalue weighted by Gasteiger charge is 2.07. The van der Waals surface area contributed by atoms with Crippen molar-refractivity contribution in [2.45, 2.75) is 84.0 Å². The van der Waals surface area contributed by atoms with E-state index < -0.39 is 0 Å². The molecule has 0 spiro atoms. The summed E-state index contributed by atoms with van der Waals surface area (Å²) in [4.78, 5) is 8.49. The number of unbranched alkanes of at least 4 members (excludes halogenated alkanes) is 7. The van der Waals surface area contributed by atoms with Gasteiger partial charge in [0.1, 0.15) is 5.82 Å². The zero-order valence-corrected chi connectivity index (χ0v) is 17.6. The van der Waals surface area contributed by atoms with Crippen LogP contribution in [0, 0.1) is 0 Å². The van der Waals surface area contributed by atoms with Crippen molar-refractivity contribution in [1.82, 2.24) is 9.97 Å². The zero-order valence-electron chi connectivity index (χ0n) is 17.6. The predicted octanol–water partition coefficient (Wildman–Crippen LogP) is 7.42. The van der Waals surface area contributed by atoms with Crippen molar-refractivity contribution < 1.29 is 0 Å². The average Bonchev–Trinajstić information content (AvgIpc) is 3.15. The maximum atomic E-state index is 4.94. The summed E-state index contributed by atoms with van der Waals surface area (Å²) in [5, 5.41) is 0.